The predicted molar refractivity (Wildman–Crippen MR) is 54.9 cm³/mol. The summed E-state index contributed by atoms with van der Waals surface area (Å²) in [6.07, 6.45) is 7.75. The lowest BCUT2D eigenvalue weighted by Crippen LogP contribution is -2.40. The molecule has 1 nitrogen and oxygen atoms in total. The second-order valence-electron chi connectivity index (χ2n) is 5.47. The van der Waals surface area contributed by atoms with E-state index in [1.807, 2.05) is 0 Å². The predicted octanol–water partition coefficient (Wildman–Crippen LogP) is 2.66. The first-order valence-corrected chi connectivity index (χ1v) is 6.23. The van der Waals surface area contributed by atoms with E-state index in [9.17, 15) is 4.39 Å². The molecule has 3 rings (SSSR count). The Morgan fingerprint density at radius 1 is 1.00 bits per heavy atom. The molecule has 0 heterocycles. The van der Waals surface area contributed by atoms with E-state index in [1.54, 1.807) is 0 Å². The van der Waals surface area contributed by atoms with Crippen molar-refractivity contribution in [2.24, 2.45) is 11.8 Å². The molecule has 0 aromatic carbocycles. The van der Waals surface area contributed by atoms with Gasteiger partial charge in [-0.3, -0.25) is 0 Å². The highest BCUT2D eigenvalue weighted by Crippen LogP contribution is 2.49. The van der Waals surface area contributed by atoms with Crippen LogP contribution in [0.4, 0.5) is 4.39 Å². The first-order valence-electron chi connectivity index (χ1n) is 6.23. The van der Waals surface area contributed by atoms with E-state index in [0.717, 1.165) is 37.1 Å². The van der Waals surface area contributed by atoms with Crippen LogP contribution in [0.2, 0.25) is 0 Å². The zero-order valence-electron chi connectivity index (χ0n) is 8.71. The molecule has 0 aliphatic heterocycles. The normalized spacial score (nSPS) is 51.6. The molecule has 5 atom stereocenters. The fourth-order valence-corrected chi connectivity index (χ4v) is 3.50. The SMILES string of the molecule is FC1CCC(NC2CCC[C@H]3C[C@@H]23)C1. The smallest absolute Gasteiger partial charge is 0.102 e. The number of rotatable bonds is 2. The number of alkyl halides is 1. The van der Waals surface area contributed by atoms with Crippen molar-refractivity contribution in [1.29, 1.82) is 0 Å². The molecule has 3 fully saturated rings. The average molecular weight is 197 g/mol. The van der Waals surface area contributed by atoms with Crippen molar-refractivity contribution >= 4 is 0 Å². The van der Waals surface area contributed by atoms with Gasteiger partial charge in [0, 0.05) is 12.1 Å². The molecule has 0 amide bonds. The van der Waals surface area contributed by atoms with Crippen LogP contribution in [0.1, 0.15) is 44.9 Å². The molecule has 80 valence electrons. The van der Waals surface area contributed by atoms with E-state index >= 15 is 0 Å². The molecule has 0 spiro atoms. The minimum absolute atomic E-state index is 0.495. The van der Waals surface area contributed by atoms with Gasteiger partial charge in [-0.25, -0.2) is 4.39 Å². The summed E-state index contributed by atoms with van der Waals surface area (Å²) >= 11 is 0. The van der Waals surface area contributed by atoms with Gasteiger partial charge >= 0.3 is 0 Å². The van der Waals surface area contributed by atoms with Crippen molar-refractivity contribution in [3.05, 3.63) is 0 Å². The number of hydrogen-bond donors (Lipinski definition) is 1. The third-order valence-electron chi connectivity index (χ3n) is 4.40. The molecular formula is C12H20FN. The molecule has 3 aliphatic carbocycles. The number of halogens is 1. The minimum atomic E-state index is -0.522. The van der Waals surface area contributed by atoms with Crippen LogP contribution in [0.3, 0.4) is 0 Å². The summed E-state index contributed by atoms with van der Waals surface area (Å²) in [7, 11) is 0. The Hall–Kier alpha value is -0.110. The first-order chi connectivity index (χ1) is 6.83. The third-order valence-corrected chi connectivity index (χ3v) is 4.40. The lowest BCUT2D eigenvalue weighted by molar-refractivity contribution is 0.299. The van der Waals surface area contributed by atoms with Crippen LogP contribution < -0.4 is 5.32 Å². The highest BCUT2D eigenvalue weighted by atomic mass is 19.1. The Morgan fingerprint density at radius 2 is 1.93 bits per heavy atom. The van der Waals surface area contributed by atoms with Crippen molar-refractivity contribution in [2.75, 3.05) is 0 Å². The Balaban J connectivity index is 1.52. The van der Waals surface area contributed by atoms with Gasteiger partial charge in [-0.1, -0.05) is 12.8 Å². The molecule has 0 saturated heterocycles. The second-order valence-corrected chi connectivity index (χ2v) is 5.47. The van der Waals surface area contributed by atoms with E-state index in [2.05, 4.69) is 5.32 Å². The first kappa shape index (κ1) is 9.14. The van der Waals surface area contributed by atoms with Gasteiger partial charge in [0.15, 0.2) is 0 Å². The van der Waals surface area contributed by atoms with Crippen LogP contribution in [0.15, 0.2) is 0 Å². The van der Waals surface area contributed by atoms with E-state index in [1.165, 1.54) is 25.7 Å². The zero-order valence-corrected chi connectivity index (χ0v) is 8.71. The van der Waals surface area contributed by atoms with Crippen molar-refractivity contribution < 1.29 is 4.39 Å². The van der Waals surface area contributed by atoms with Crippen molar-refractivity contribution in [3.8, 4) is 0 Å². The average Bonchev–Trinajstić information content (AvgIpc) is 2.86. The van der Waals surface area contributed by atoms with E-state index in [-0.39, 0.29) is 0 Å². The van der Waals surface area contributed by atoms with Gasteiger partial charge in [0.25, 0.3) is 0 Å². The summed E-state index contributed by atoms with van der Waals surface area (Å²) in [5.74, 6) is 1.99. The van der Waals surface area contributed by atoms with E-state index < -0.39 is 6.17 Å². The third kappa shape index (κ3) is 1.69. The van der Waals surface area contributed by atoms with Crippen LogP contribution in [-0.4, -0.2) is 18.3 Å². The van der Waals surface area contributed by atoms with Gasteiger partial charge in [0.05, 0.1) is 0 Å². The molecule has 0 aromatic rings. The van der Waals surface area contributed by atoms with Crippen LogP contribution in [-0.2, 0) is 0 Å². The van der Waals surface area contributed by atoms with E-state index in [4.69, 9.17) is 0 Å². The van der Waals surface area contributed by atoms with Crippen molar-refractivity contribution in [2.45, 2.75) is 63.2 Å². The van der Waals surface area contributed by atoms with Crippen molar-refractivity contribution in [1.82, 2.24) is 5.32 Å². The maximum absolute atomic E-state index is 13.0. The Labute approximate surface area is 85.5 Å². The van der Waals surface area contributed by atoms with Gasteiger partial charge in [-0.15, -0.1) is 0 Å². The molecule has 2 heteroatoms. The molecule has 0 radical (unpaired) electrons. The molecule has 3 unspecified atom stereocenters. The minimum Gasteiger partial charge on any atom is -0.311 e. The van der Waals surface area contributed by atoms with Gasteiger partial charge < -0.3 is 5.32 Å². The number of fused-ring (bicyclic) bond motifs is 1. The topological polar surface area (TPSA) is 12.0 Å². The summed E-state index contributed by atoms with van der Waals surface area (Å²) in [5.41, 5.74) is 0. The summed E-state index contributed by atoms with van der Waals surface area (Å²) in [6, 6.07) is 1.23. The maximum Gasteiger partial charge on any atom is 0.102 e. The molecule has 1 N–H and O–H groups in total. The van der Waals surface area contributed by atoms with E-state index in [0.29, 0.717) is 6.04 Å². The van der Waals surface area contributed by atoms with Crippen LogP contribution in [0, 0.1) is 11.8 Å². The fourth-order valence-electron chi connectivity index (χ4n) is 3.50. The standard InChI is InChI=1S/C12H20FN/c13-9-4-5-10(7-9)14-12-3-1-2-8-6-11(8)12/h8-12,14H,1-7H2/t8-,9?,10?,11+,12?/m0/s1. The van der Waals surface area contributed by atoms with Crippen LogP contribution in [0.25, 0.3) is 0 Å². The Morgan fingerprint density at radius 3 is 2.71 bits per heavy atom. The lowest BCUT2D eigenvalue weighted by Gasteiger charge is -2.26. The quantitative estimate of drug-likeness (QED) is 0.717. The van der Waals surface area contributed by atoms with Gasteiger partial charge in [-0.05, 0) is 43.9 Å². The molecule has 3 saturated carbocycles. The molecule has 0 aromatic heterocycles. The summed E-state index contributed by atoms with van der Waals surface area (Å²) < 4.78 is 13.0. The highest BCUT2D eigenvalue weighted by molar-refractivity contribution is 4.99. The largest absolute Gasteiger partial charge is 0.311 e. The number of nitrogens with one attached hydrogen (secondary N) is 1. The molecule has 3 aliphatic rings. The second kappa shape index (κ2) is 3.48. The molecular weight excluding hydrogens is 177 g/mol. The summed E-state index contributed by atoms with van der Waals surface area (Å²) in [6.45, 7) is 0. The lowest BCUT2D eigenvalue weighted by atomic mass is 9.94. The Bertz CT molecular complexity index is 218. The fraction of sp³-hybridized carbons (Fsp3) is 1.00. The summed E-state index contributed by atoms with van der Waals surface area (Å²) in [5, 5.41) is 3.70. The van der Waals surface area contributed by atoms with Crippen LogP contribution >= 0.6 is 0 Å². The molecule has 14 heavy (non-hydrogen) atoms. The highest BCUT2D eigenvalue weighted by Gasteiger charge is 2.45. The van der Waals surface area contributed by atoms with Crippen molar-refractivity contribution in [3.63, 3.8) is 0 Å². The van der Waals surface area contributed by atoms with Gasteiger partial charge in [-0.2, -0.15) is 0 Å². The molecule has 0 bridgehead atoms. The van der Waals surface area contributed by atoms with Crippen LogP contribution in [0.5, 0.6) is 0 Å². The zero-order chi connectivity index (χ0) is 9.54. The summed E-state index contributed by atoms with van der Waals surface area (Å²) in [4.78, 5) is 0. The maximum atomic E-state index is 13.0. The van der Waals surface area contributed by atoms with Gasteiger partial charge in [0.2, 0.25) is 0 Å². The number of hydrogen-bond acceptors (Lipinski definition) is 1. The van der Waals surface area contributed by atoms with Gasteiger partial charge in [0.1, 0.15) is 6.17 Å². The Kier molecular flexibility index (Phi) is 2.27. The monoisotopic (exact) mass is 197 g/mol.